The first kappa shape index (κ1) is 27.2. The van der Waals surface area contributed by atoms with E-state index >= 15 is 0 Å². The van der Waals surface area contributed by atoms with Crippen molar-refractivity contribution in [2.45, 2.75) is 13.1 Å². The van der Waals surface area contributed by atoms with Gasteiger partial charge in [0.25, 0.3) is 11.8 Å². The van der Waals surface area contributed by atoms with Gasteiger partial charge in [0.05, 0.1) is 28.5 Å². The van der Waals surface area contributed by atoms with Crippen LogP contribution in [0.4, 0.5) is 24.5 Å². The van der Waals surface area contributed by atoms with E-state index in [1.54, 1.807) is 54.6 Å². The summed E-state index contributed by atoms with van der Waals surface area (Å²) in [5, 5.41) is 2.23. The summed E-state index contributed by atoms with van der Waals surface area (Å²) in [6, 6.07) is 18.4. The Kier molecular flexibility index (Phi) is 8.38. The van der Waals surface area contributed by atoms with E-state index in [4.69, 9.17) is 21.7 Å². The lowest BCUT2D eigenvalue weighted by atomic mass is 10.1. The number of halogens is 3. The zero-order chi connectivity index (χ0) is 27.3. The summed E-state index contributed by atoms with van der Waals surface area (Å²) in [7, 11) is 0. The molecule has 3 aromatic rings. The maximum atomic E-state index is 13.1. The molecule has 0 spiro atoms. The zero-order valence-corrected chi connectivity index (χ0v) is 21.6. The van der Waals surface area contributed by atoms with Crippen LogP contribution in [0, 0.1) is 0 Å². The number of benzene rings is 3. The molecule has 1 saturated heterocycles. The van der Waals surface area contributed by atoms with Gasteiger partial charge in [-0.1, -0.05) is 48.2 Å². The Bertz CT molecular complexity index is 1370. The van der Waals surface area contributed by atoms with Crippen LogP contribution in [0.5, 0.6) is 11.5 Å². The number of thiocarbonyl (C=S) groups is 1. The summed E-state index contributed by atoms with van der Waals surface area (Å²) in [6.45, 7) is 1.95. The fourth-order valence-electron chi connectivity index (χ4n) is 3.53. The van der Waals surface area contributed by atoms with Crippen molar-refractivity contribution in [3.05, 3.63) is 88.8 Å². The number of nitrogens with one attached hydrogen (secondary N) is 1. The van der Waals surface area contributed by atoms with Crippen LogP contribution in [-0.4, -0.2) is 29.3 Å². The third-order valence-electron chi connectivity index (χ3n) is 5.25. The molecule has 0 saturated carbocycles. The van der Waals surface area contributed by atoms with Gasteiger partial charge >= 0.3 is 6.18 Å². The molecule has 1 fully saturated rings. The number of anilines is 2. The fraction of sp³-hybridized carbons (Fsp3) is 0.148. The Labute approximate surface area is 226 Å². The summed E-state index contributed by atoms with van der Waals surface area (Å²) in [6.07, 6.45) is -2.90. The topological polar surface area (TPSA) is 67.9 Å². The molecule has 0 unspecified atom stereocenters. The Morgan fingerprint density at radius 2 is 1.63 bits per heavy atom. The van der Waals surface area contributed by atoms with Crippen LogP contribution in [0.1, 0.15) is 18.1 Å². The molecule has 11 heteroatoms. The maximum Gasteiger partial charge on any atom is 0.418 e. The second kappa shape index (κ2) is 11.7. The molecular weight excluding hydrogens is 537 g/mol. The van der Waals surface area contributed by atoms with E-state index in [1.807, 2.05) is 6.92 Å². The highest BCUT2D eigenvalue weighted by atomic mass is 32.2. The van der Waals surface area contributed by atoms with Crippen molar-refractivity contribution in [3.8, 4) is 11.5 Å². The third kappa shape index (κ3) is 6.53. The zero-order valence-electron chi connectivity index (χ0n) is 20.0. The molecule has 6 nitrogen and oxygen atoms in total. The number of thioether (sulfide) groups is 1. The van der Waals surface area contributed by atoms with Gasteiger partial charge in [-0.3, -0.25) is 14.5 Å². The minimum Gasteiger partial charge on any atom is -0.494 e. The molecule has 0 atom stereocenters. The van der Waals surface area contributed by atoms with Crippen LogP contribution in [0.25, 0.3) is 6.08 Å². The monoisotopic (exact) mass is 558 g/mol. The van der Waals surface area contributed by atoms with Gasteiger partial charge in [0, 0.05) is 0 Å². The number of nitrogens with zero attached hydrogens (tertiary/aromatic N) is 1. The lowest BCUT2D eigenvalue weighted by Gasteiger charge is -2.15. The van der Waals surface area contributed by atoms with Gasteiger partial charge in [-0.2, -0.15) is 13.2 Å². The molecule has 1 aliphatic rings. The number of para-hydroxylation sites is 1. The van der Waals surface area contributed by atoms with Crippen molar-refractivity contribution in [1.29, 1.82) is 0 Å². The molecule has 1 heterocycles. The standard InChI is InChI=1S/C27H21F3N2O4S2/c1-2-35-19-13-9-18(10-14-19)32-25(34)23(38-26(32)37)15-17-7-11-20(12-8-17)36-16-24(33)31-22-6-4-3-5-21(22)27(28,29)30/h3-15H,2,16H2,1H3,(H,31,33)/b23-15-. The van der Waals surface area contributed by atoms with Crippen molar-refractivity contribution in [1.82, 2.24) is 0 Å². The molecule has 1 aliphatic heterocycles. The minimum atomic E-state index is -4.59. The van der Waals surface area contributed by atoms with E-state index < -0.39 is 24.3 Å². The smallest absolute Gasteiger partial charge is 0.418 e. The number of amides is 2. The van der Waals surface area contributed by atoms with Gasteiger partial charge in [0.2, 0.25) is 0 Å². The van der Waals surface area contributed by atoms with Gasteiger partial charge in [0.1, 0.15) is 11.5 Å². The third-order valence-corrected chi connectivity index (χ3v) is 6.56. The first-order chi connectivity index (χ1) is 18.2. The highest BCUT2D eigenvalue weighted by Gasteiger charge is 2.34. The molecular formula is C27H21F3N2O4S2. The number of hydrogen-bond donors (Lipinski definition) is 1. The summed E-state index contributed by atoms with van der Waals surface area (Å²) in [5.74, 6) is 0.0514. The van der Waals surface area contributed by atoms with Gasteiger partial charge in [-0.05, 0) is 67.1 Å². The number of ether oxygens (including phenoxy) is 2. The first-order valence-electron chi connectivity index (χ1n) is 11.4. The van der Waals surface area contributed by atoms with Crippen LogP contribution in [0.15, 0.2) is 77.7 Å². The Balaban J connectivity index is 1.36. The minimum absolute atomic E-state index is 0.250. The average Bonchev–Trinajstić information content (AvgIpc) is 3.16. The van der Waals surface area contributed by atoms with E-state index in [0.29, 0.717) is 38.6 Å². The van der Waals surface area contributed by atoms with Crippen molar-refractivity contribution < 1.29 is 32.2 Å². The van der Waals surface area contributed by atoms with E-state index in [0.717, 1.165) is 6.07 Å². The maximum absolute atomic E-state index is 13.1. The normalized spacial score (nSPS) is 14.6. The summed E-state index contributed by atoms with van der Waals surface area (Å²) in [4.78, 5) is 27.0. The van der Waals surface area contributed by atoms with Gasteiger partial charge < -0.3 is 14.8 Å². The SMILES string of the molecule is CCOc1ccc(N2C(=O)/C(=C/c3ccc(OCC(=O)Nc4ccccc4C(F)(F)F)cc3)SC2=S)cc1. The van der Waals surface area contributed by atoms with Crippen LogP contribution in [-0.2, 0) is 15.8 Å². The molecule has 4 rings (SSSR count). The van der Waals surface area contributed by atoms with Gasteiger partial charge in [0.15, 0.2) is 10.9 Å². The number of carbonyl (C=O) groups excluding carboxylic acids is 2. The second-order valence-electron chi connectivity index (χ2n) is 7.89. The van der Waals surface area contributed by atoms with Crippen LogP contribution >= 0.6 is 24.0 Å². The molecule has 0 bridgehead atoms. The van der Waals surface area contributed by atoms with Crippen LogP contribution in [0.2, 0.25) is 0 Å². The molecule has 2 amide bonds. The second-order valence-corrected chi connectivity index (χ2v) is 9.57. The molecule has 3 aromatic carbocycles. The van der Waals surface area contributed by atoms with E-state index in [9.17, 15) is 22.8 Å². The van der Waals surface area contributed by atoms with Crippen LogP contribution in [0.3, 0.4) is 0 Å². The Hall–Kier alpha value is -3.83. The molecule has 1 N–H and O–H groups in total. The van der Waals surface area contributed by atoms with E-state index in [1.165, 1.54) is 34.9 Å². The van der Waals surface area contributed by atoms with E-state index in [2.05, 4.69) is 5.32 Å². The van der Waals surface area contributed by atoms with Gasteiger partial charge in [-0.15, -0.1) is 0 Å². The lowest BCUT2D eigenvalue weighted by molar-refractivity contribution is -0.137. The van der Waals surface area contributed by atoms with Crippen molar-refractivity contribution in [3.63, 3.8) is 0 Å². The molecule has 0 aliphatic carbocycles. The number of alkyl halides is 3. The number of rotatable bonds is 8. The Morgan fingerprint density at radius 1 is 1.00 bits per heavy atom. The quantitative estimate of drug-likeness (QED) is 0.251. The fourth-order valence-corrected chi connectivity index (χ4v) is 4.83. The highest BCUT2D eigenvalue weighted by Crippen LogP contribution is 2.37. The van der Waals surface area contributed by atoms with Crippen LogP contribution < -0.4 is 19.7 Å². The summed E-state index contributed by atoms with van der Waals surface area (Å²) in [5.41, 5.74) is 0.0597. The van der Waals surface area contributed by atoms with E-state index in [-0.39, 0.29) is 11.6 Å². The summed E-state index contributed by atoms with van der Waals surface area (Å²) < 4.78 is 50.6. The molecule has 0 radical (unpaired) electrons. The Morgan fingerprint density at radius 3 is 2.29 bits per heavy atom. The predicted molar refractivity (Wildman–Crippen MR) is 145 cm³/mol. The number of hydrogen-bond acceptors (Lipinski definition) is 6. The molecule has 0 aromatic heterocycles. The number of carbonyl (C=O) groups is 2. The van der Waals surface area contributed by atoms with Gasteiger partial charge in [-0.25, -0.2) is 0 Å². The van der Waals surface area contributed by atoms with Crippen molar-refractivity contribution in [2.24, 2.45) is 0 Å². The molecule has 196 valence electrons. The highest BCUT2D eigenvalue weighted by molar-refractivity contribution is 8.27. The lowest BCUT2D eigenvalue weighted by Crippen LogP contribution is -2.27. The summed E-state index contributed by atoms with van der Waals surface area (Å²) >= 11 is 6.59. The first-order valence-corrected chi connectivity index (χ1v) is 12.6. The predicted octanol–water partition coefficient (Wildman–Crippen LogP) is 6.53. The largest absolute Gasteiger partial charge is 0.494 e. The average molecular weight is 559 g/mol. The van der Waals surface area contributed by atoms with Crippen molar-refractivity contribution >= 4 is 57.6 Å². The van der Waals surface area contributed by atoms with Crippen molar-refractivity contribution in [2.75, 3.05) is 23.4 Å². The molecule has 38 heavy (non-hydrogen) atoms.